The number of rotatable bonds is 2. The zero-order valence-corrected chi connectivity index (χ0v) is 11.5. The molecule has 0 unspecified atom stereocenters. The largest absolute Gasteiger partial charge is 0.573 e. The summed E-state index contributed by atoms with van der Waals surface area (Å²) in [5, 5.41) is -0.961. The maximum atomic E-state index is 13.8. The van der Waals surface area contributed by atoms with Gasteiger partial charge in [0.1, 0.15) is 5.75 Å². The van der Waals surface area contributed by atoms with Crippen LogP contribution in [-0.4, -0.2) is 18.7 Å². The lowest BCUT2D eigenvalue weighted by Gasteiger charge is -2.31. The van der Waals surface area contributed by atoms with E-state index in [0.29, 0.717) is 0 Å². The Bertz CT molecular complexity index is 572. The van der Waals surface area contributed by atoms with Crippen LogP contribution in [0, 0.1) is 6.92 Å². The van der Waals surface area contributed by atoms with Crippen LogP contribution < -0.4 is 4.74 Å². The Balaban J connectivity index is 3.64. The molecule has 0 bridgehead atoms. The van der Waals surface area contributed by atoms with Crippen molar-refractivity contribution in [2.45, 2.75) is 31.3 Å². The third-order valence-corrected chi connectivity index (χ3v) is 3.09. The highest BCUT2D eigenvalue weighted by molar-refractivity contribution is 6.31. The molecule has 12 heteroatoms. The van der Waals surface area contributed by atoms with E-state index in [1.807, 2.05) is 0 Å². The average molecular weight is 379 g/mol. The SMILES string of the molecule is Cc1c(Cl)cc(C(F)(C(F)(F)F)C(F)(F)F)cc1OC(F)(F)F. The summed E-state index contributed by atoms with van der Waals surface area (Å²) in [4.78, 5) is 0. The lowest BCUT2D eigenvalue weighted by Crippen LogP contribution is -2.50. The molecule has 0 saturated carbocycles. The second kappa shape index (κ2) is 5.60. The maximum Gasteiger partial charge on any atom is 0.573 e. The van der Waals surface area contributed by atoms with Crippen molar-refractivity contribution >= 4 is 11.6 Å². The zero-order chi connectivity index (χ0) is 18.4. The summed E-state index contributed by atoms with van der Waals surface area (Å²) in [6, 6.07) is -0.392. The van der Waals surface area contributed by atoms with Gasteiger partial charge in [-0.1, -0.05) is 11.6 Å². The van der Waals surface area contributed by atoms with Gasteiger partial charge in [0.2, 0.25) is 0 Å². The van der Waals surface area contributed by atoms with E-state index in [9.17, 15) is 43.9 Å². The van der Waals surface area contributed by atoms with E-state index in [1.54, 1.807) is 0 Å². The predicted octanol–water partition coefficient (Wildman–Crippen LogP) is 5.84. The van der Waals surface area contributed by atoms with Gasteiger partial charge in [0.25, 0.3) is 0 Å². The smallest absolute Gasteiger partial charge is 0.405 e. The maximum absolute atomic E-state index is 13.8. The Kier molecular flexibility index (Phi) is 4.79. The molecule has 1 aromatic rings. The fraction of sp³-hybridized carbons (Fsp3) is 0.455. The second-order valence-electron chi connectivity index (χ2n) is 4.28. The normalized spacial score (nSPS) is 14.1. The van der Waals surface area contributed by atoms with Crippen LogP contribution in [0.3, 0.4) is 0 Å². The van der Waals surface area contributed by atoms with Crippen molar-refractivity contribution in [2.24, 2.45) is 0 Å². The first-order valence-corrected chi connectivity index (χ1v) is 5.77. The molecular weight excluding hydrogens is 374 g/mol. The summed E-state index contributed by atoms with van der Waals surface area (Å²) in [5.74, 6) is -1.48. The molecule has 23 heavy (non-hydrogen) atoms. The van der Waals surface area contributed by atoms with Crippen molar-refractivity contribution in [3.8, 4) is 5.75 Å². The highest BCUT2D eigenvalue weighted by Crippen LogP contribution is 2.54. The predicted molar refractivity (Wildman–Crippen MR) is 57.8 cm³/mol. The lowest BCUT2D eigenvalue weighted by atomic mass is 9.93. The molecule has 0 fully saturated rings. The van der Waals surface area contributed by atoms with E-state index in [4.69, 9.17) is 11.6 Å². The Labute approximate surface area is 126 Å². The molecular formula is C11H5ClF10O. The van der Waals surface area contributed by atoms with Crippen molar-refractivity contribution in [3.05, 3.63) is 28.3 Å². The Morgan fingerprint density at radius 3 is 1.61 bits per heavy atom. The van der Waals surface area contributed by atoms with E-state index in [-0.39, 0.29) is 12.1 Å². The topological polar surface area (TPSA) is 9.23 Å². The van der Waals surface area contributed by atoms with Gasteiger partial charge in [-0.05, 0) is 19.1 Å². The first-order chi connectivity index (χ1) is 10.0. The van der Waals surface area contributed by atoms with Crippen LogP contribution in [0.4, 0.5) is 43.9 Å². The monoisotopic (exact) mass is 378 g/mol. The standard InChI is InChI=1S/C11H5ClF10O/c1-4-6(12)2-5(3-7(4)23-11(20,21)22)8(13,9(14,15)16)10(17,18)19/h2-3H,1H3. The molecule has 0 N–H and O–H groups in total. The molecule has 0 aliphatic carbocycles. The molecule has 1 rings (SSSR count). The zero-order valence-electron chi connectivity index (χ0n) is 10.7. The molecule has 0 amide bonds. The van der Waals surface area contributed by atoms with E-state index in [1.165, 1.54) is 0 Å². The van der Waals surface area contributed by atoms with Crippen molar-refractivity contribution < 1.29 is 48.6 Å². The number of benzene rings is 1. The third kappa shape index (κ3) is 3.75. The van der Waals surface area contributed by atoms with Gasteiger partial charge in [0.15, 0.2) is 0 Å². The first-order valence-electron chi connectivity index (χ1n) is 5.39. The van der Waals surface area contributed by atoms with Crippen molar-refractivity contribution in [1.29, 1.82) is 0 Å². The van der Waals surface area contributed by atoms with Crippen LogP contribution in [0.25, 0.3) is 0 Å². The molecule has 1 nitrogen and oxygen atoms in total. The fourth-order valence-corrected chi connectivity index (χ4v) is 1.78. The van der Waals surface area contributed by atoms with Gasteiger partial charge in [-0.25, -0.2) is 4.39 Å². The number of ether oxygens (including phenoxy) is 1. The molecule has 0 saturated heterocycles. The highest BCUT2D eigenvalue weighted by Gasteiger charge is 2.73. The van der Waals surface area contributed by atoms with E-state index < -0.39 is 46.3 Å². The molecule has 0 radical (unpaired) electrons. The fourth-order valence-electron chi connectivity index (χ4n) is 1.57. The average Bonchev–Trinajstić information content (AvgIpc) is 2.29. The molecule has 1 aromatic carbocycles. The Morgan fingerprint density at radius 2 is 1.26 bits per heavy atom. The minimum Gasteiger partial charge on any atom is -0.405 e. The molecule has 0 atom stereocenters. The first kappa shape index (κ1) is 19.7. The van der Waals surface area contributed by atoms with Crippen molar-refractivity contribution in [3.63, 3.8) is 0 Å². The van der Waals surface area contributed by atoms with Gasteiger partial charge in [-0.2, -0.15) is 26.3 Å². The highest BCUT2D eigenvalue weighted by atomic mass is 35.5. The molecule has 0 aliphatic rings. The summed E-state index contributed by atoms with van der Waals surface area (Å²) >= 11 is 5.31. The van der Waals surface area contributed by atoms with Crippen LogP contribution in [0.5, 0.6) is 5.75 Å². The van der Waals surface area contributed by atoms with Gasteiger partial charge in [-0.3, -0.25) is 0 Å². The molecule has 0 aliphatic heterocycles. The van der Waals surface area contributed by atoms with E-state index in [0.717, 1.165) is 6.92 Å². The van der Waals surface area contributed by atoms with Gasteiger partial charge in [0, 0.05) is 16.1 Å². The number of hydrogen-bond donors (Lipinski definition) is 0. The van der Waals surface area contributed by atoms with Crippen LogP contribution in [0.1, 0.15) is 11.1 Å². The summed E-state index contributed by atoms with van der Waals surface area (Å²) < 4.78 is 129. The van der Waals surface area contributed by atoms with Crippen LogP contribution >= 0.6 is 11.6 Å². The van der Waals surface area contributed by atoms with Gasteiger partial charge >= 0.3 is 24.4 Å². The number of halogens is 11. The molecule has 132 valence electrons. The molecule has 0 heterocycles. The van der Waals surface area contributed by atoms with Crippen LogP contribution in [0.15, 0.2) is 12.1 Å². The second-order valence-corrected chi connectivity index (χ2v) is 4.69. The van der Waals surface area contributed by atoms with Crippen LogP contribution in [0.2, 0.25) is 5.02 Å². The van der Waals surface area contributed by atoms with Gasteiger partial charge < -0.3 is 4.74 Å². The van der Waals surface area contributed by atoms with Crippen molar-refractivity contribution in [2.75, 3.05) is 0 Å². The van der Waals surface area contributed by atoms with Crippen molar-refractivity contribution in [1.82, 2.24) is 0 Å². The molecule has 0 aromatic heterocycles. The molecule has 0 spiro atoms. The Hall–Kier alpha value is -1.39. The quantitative estimate of drug-likeness (QED) is 0.588. The van der Waals surface area contributed by atoms with E-state index >= 15 is 0 Å². The van der Waals surface area contributed by atoms with Gasteiger partial charge in [-0.15, -0.1) is 13.2 Å². The summed E-state index contributed by atoms with van der Waals surface area (Å²) in [7, 11) is 0. The summed E-state index contributed by atoms with van der Waals surface area (Å²) in [6.45, 7) is 0.842. The number of alkyl halides is 10. The lowest BCUT2D eigenvalue weighted by molar-refractivity contribution is -0.348. The summed E-state index contributed by atoms with van der Waals surface area (Å²) in [6.07, 6.45) is -18.4. The summed E-state index contributed by atoms with van der Waals surface area (Å²) in [5.41, 5.74) is -8.70. The Morgan fingerprint density at radius 1 is 0.826 bits per heavy atom. The minimum atomic E-state index is -6.49. The third-order valence-electron chi connectivity index (χ3n) is 2.70. The minimum absolute atomic E-state index is 0.0545. The van der Waals surface area contributed by atoms with Crippen LogP contribution in [-0.2, 0) is 5.67 Å². The van der Waals surface area contributed by atoms with Gasteiger partial charge in [0.05, 0.1) is 0 Å². The van der Waals surface area contributed by atoms with E-state index in [2.05, 4.69) is 4.74 Å². The number of hydrogen-bond acceptors (Lipinski definition) is 1.